The van der Waals surface area contributed by atoms with E-state index >= 15 is 0 Å². The lowest BCUT2D eigenvalue weighted by Gasteiger charge is -2.36. The highest BCUT2D eigenvalue weighted by Crippen LogP contribution is 2.14. The summed E-state index contributed by atoms with van der Waals surface area (Å²) in [6, 6.07) is -0.475. The van der Waals surface area contributed by atoms with Crippen molar-refractivity contribution in [1.82, 2.24) is 4.90 Å². The molecule has 13 heavy (non-hydrogen) atoms. The summed E-state index contributed by atoms with van der Waals surface area (Å²) in [5.74, 6) is -0.00457. The average molecular weight is 211 g/mol. The Kier molecular flexibility index (Phi) is 4.64. The molecule has 1 unspecified atom stereocenters. The molecule has 1 aliphatic rings. The molecular formula is C8H16ClFN2O. The number of nitrogens with two attached hydrogens (primary N) is 1. The number of carbonyl (C=O) groups is 1. The Balaban J connectivity index is 0.00000144. The molecule has 1 amide bonds. The smallest absolute Gasteiger partial charge is 0.239 e. The lowest BCUT2D eigenvalue weighted by molar-refractivity contribution is -0.140. The van der Waals surface area contributed by atoms with E-state index in [0.29, 0.717) is 0 Å². The van der Waals surface area contributed by atoms with Gasteiger partial charge in [-0.05, 0) is 5.92 Å². The van der Waals surface area contributed by atoms with Crippen LogP contribution in [0.5, 0.6) is 0 Å². The van der Waals surface area contributed by atoms with Crippen molar-refractivity contribution in [3.63, 3.8) is 0 Å². The van der Waals surface area contributed by atoms with Crippen molar-refractivity contribution >= 4 is 18.3 Å². The van der Waals surface area contributed by atoms with Gasteiger partial charge in [-0.3, -0.25) is 4.79 Å². The minimum absolute atomic E-state index is 0. The third-order valence-electron chi connectivity index (χ3n) is 2.15. The summed E-state index contributed by atoms with van der Waals surface area (Å²) in [4.78, 5) is 12.8. The standard InChI is InChI=1S/C8H15FN2O.ClH/c1-5(2)7(10)8(12)11-3-6(9)4-11;/h5-7H,3-4,10H2,1-2H3;1H. The first-order valence-corrected chi connectivity index (χ1v) is 4.20. The Morgan fingerprint density at radius 2 is 2.00 bits per heavy atom. The maximum atomic E-state index is 12.4. The minimum atomic E-state index is -0.840. The second kappa shape index (κ2) is 4.77. The molecule has 2 N–H and O–H groups in total. The van der Waals surface area contributed by atoms with Crippen LogP contribution in [0.3, 0.4) is 0 Å². The van der Waals surface area contributed by atoms with Crippen molar-refractivity contribution in [2.45, 2.75) is 26.1 Å². The van der Waals surface area contributed by atoms with E-state index in [2.05, 4.69) is 0 Å². The summed E-state index contributed by atoms with van der Waals surface area (Å²) in [5.41, 5.74) is 5.60. The molecule has 0 aliphatic carbocycles. The molecule has 5 heteroatoms. The molecule has 0 saturated carbocycles. The molecule has 3 nitrogen and oxygen atoms in total. The summed E-state index contributed by atoms with van der Waals surface area (Å²) in [7, 11) is 0. The molecule has 0 spiro atoms. The van der Waals surface area contributed by atoms with Crippen molar-refractivity contribution in [2.24, 2.45) is 11.7 Å². The van der Waals surface area contributed by atoms with Crippen LogP contribution in [-0.2, 0) is 4.79 Å². The zero-order chi connectivity index (χ0) is 9.30. The van der Waals surface area contributed by atoms with Crippen molar-refractivity contribution in [1.29, 1.82) is 0 Å². The van der Waals surface area contributed by atoms with E-state index in [9.17, 15) is 9.18 Å². The van der Waals surface area contributed by atoms with Crippen LogP contribution in [0.2, 0.25) is 0 Å². The summed E-state index contributed by atoms with van der Waals surface area (Å²) < 4.78 is 12.4. The van der Waals surface area contributed by atoms with E-state index in [-0.39, 0.29) is 37.3 Å². The van der Waals surface area contributed by atoms with E-state index in [1.165, 1.54) is 4.90 Å². The van der Waals surface area contributed by atoms with Gasteiger partial charge in [0, 0.05) is 0 Å². The maximum Gasteiger partial charge on any atom is 0.239 e. The fourth-order valence-corrected chi connectivity index (χ4v) is 1.10. The van der Waals surface area contributed by atoms with E-state index < -0.39 is 12.2 Å². The number of hydrogen-bond donors (Lipinski definition) is 1. The van der Waals surface area contributed by atoms with Crippen LogP contribution in [0, 0.1) is 5.92 Å². The van der Waals surface area contributed by atoms with Crippen molar-refractivity contribution in [3.8, 4) is 0 Å². The second-order valence-electron chi connectivity index (χ2n) is 3.61. The van der Waals surface area contributed by atoms with Gasteiger partial charge in [0.25, 0.3) is 0 Å². The number of hydrogen-bond acceptors (Lipinski definition) is 2. The highest BCUT2D eigenvalue weighted by molar-refractivity contribution is 5.85. The first-order chi connectivity index (χ1) is 5.52. The second-order valence-corrected chi connectivity index (χ2v) is 3.61. The van der Waals surface area contributed by atoms with Gasteiger partial charge in [-0.1, -0.05) is 13.8 Å². The summed E-state index contributed by atoms with van der Waals surface area (Å²) in [6.07, 6.45) is -0.840. The Morgan fingerprint density at radius 3 is 2.31 bits per heavy atom. The molecule has 1 rings (SSSR count). The van der Waals surface area contributed by atoms with E-state index in [1.54, 1.807) is 0 Å². The molecular weight excluding hydrogens is 195 g/mol. The highest BCUT2D eigenvalue weighted by atomic mass is 35.5. The molecule has 1 aliphatic heterocycles. The number of nitrogens with zero attached hydrogens (tertiary/aromatic N) is 1. The van der Waals surface area contributed by atoms with Crippen LogP contribution in [0.15, 0.2) is 0 Å². The lowest BCUT2D eigenvalue weighted by atomic mass is 10.0. The highest BCUT2D eigenvalue weighted by Gasteiger charge is 2.33. The largest absolute Gasteiger partial charge is 0.335 e. The van der Waals surface area contributed by atoms with Crippen LogP contribution in [0.1, 0.15) is 13.8 Å². The molecule has 0 bridgehead atoms. The van der Waals surface area contributed by atoms with Gasteiger partial charge in [-0.2, -0.15) is 0 Å². The number of rotatable bonds is 2. The van der Waals surface area contributed by atoms with Gasteiger partial charge in [0.2, 0.25) is 5.91 Å². The normalized spacial score (nSPS) is 19.3. The molecule has 0 aromatic rings. The van der Waals surface area contributed by atoms with Crippen LogP contribution >= 0.6 is 12.4 Å². The maximum absolute atomic E-state index is 12.4. The van der Waals surface area contributed by atoms with Gasteiger partial charge < -0.3 is 10.6 Å². The third-order valence-corrected chi connectivity index (χ3v) is 2.15. The molecule has 0 aromatic carbocycles. The summed E-state index contributed by atoms with van der Waals surface area (Å²) in [6.45, 7) is 4.21. The zero-order valence-electron chi connectivity index (χ0n) is 7.87. The Bertz CT molecular complexity index is 183. The van der Waals surface area contributed by atoms with Gasteiger partial charge in [0.15, 0.2) is 0 Å². The Hall–Kier alpha value is -0.350. The Labute approximate surface area is 83.9 Å². The van der Waals surface area contributed by atoms with E-state index in [1.807, 2.05) is 13.8 Å². The number of halogens is 2. The van der Waals surface area contributed by atoms with E-state index in [0.717, 1.165) is 0 Å². The van der Waals surface area contributed by atoms with Crippen molar-refractivity contribution in [2.75, 3.05) is 13.1 Å². The number of amides is 1. The monoisotopic (exact) mass is 210 g/mol. The first kappa shape index (κ1) is 12.7. The minimum Gasteiger partial charge on any atom is -0.335 e. The molecule has 1 heterocycles. The van der Waals surface area contributed by atoms with Gasteiger partial charge in [0.1, 0.15) is 6.17 Å². The van der Waals surface area contributed by atoms with Gasteiger partial charge in [0.05, 0.1) is 19.1 Å². The predicted molar refractivity (Wildman–Crippen MR) is 51.5 cm³/mol. The Morgan fingerprint density at radius 1 is 1.54 bits per heavy atom. The van der Waals surface area contributed by atoms with Crippen molar-refractivity contribution < 1.29 is 9.18 Å². The predicted octanol–water partition coefficient (Wildman–Crippen LogP) is 0.572. The summed E-state index contributed by atoms with van der Waals surface area (Å²) in [5, 5.41) is 0. The number of likely N-dealkylation sites (tertiary alicyclic amines) is 1. The van der Waals surface area contributed by atoms with Crippen LogP contribution in [0.25, 0.3) is 0 Å². The van der Waals surface area contributed by atoms with Crippen LogP contribution in [-0.4, -0.2) is 36.1 Å². The lowest BCUT2D eigenvalue weighted by Crippen LogP contribution is -2.57. The third kappa shape index (κ3) is 2.81. The summed E-state index contributed by atoms with van der Waals surface area (Å²) >= 11 is 0. The molecule has 0 radical (unpaired) electrons. The zero-order valence-corrected chi connectivity index (χ0v) is 8.68. The molecule has 1 fully saturated rings. The molecule has 1 atom stereocenters. The fourth-order valence-electron chi connectivity index (χ4n) is 1.10. The number of alkyl halides is 1. The quantitative estimate of drug-likeness (QED) is 0.725. The SMILES string of the molecule is CC(C)C(N)C(=O)N1CC(F)C1.Cl. The first-order valence-electron chi connectivity index (χ1n) is 4.20. The average Bonchev–Trinajstić information content (AvgIpc) is 1.95. The van der Waals surface area contributed by atoms with Crippen LogP contribution < -0.4 is 5.73 Å². The fraction of sp³-hybridized carbons (Fsp3) is 0.875. The van der Waals surface area contributed by atoms with Gasteiger partial charge >= 0.3 is 0 Å². The number of carbonyl (C=O) groups excluding carboxylic acids is 1. The van der Waals surface area contributed by atoms with Gasteiger partial charge in [-0.15, -0.1) is 12.4 Å². The van der Waals surface area contributed by atoms with Crippen molar-refractivity contribution in [3.05, 3.63) is 0 Å². The van der Waals surface area contributed by atoms with Gasteiger partial charge in [-0.25, -0.2) is 4.39 Å². The topological polar surface area (TPSA) is 46.3 Å². The molecule has 78 valence electrons. The molecule has 1 saturated heterocycles. The van der Waals surface area contributed by atoms with E-state index in [4.69, 9.17) is 5.73 Å². The molecule has 0 aromatic heterocycles. The van der Waals surface area contributed by atoms with Crippen LogP contribution in [0.4, 0.5) is 4.39 Å².